The number of rotatable bonds is 3. The summed E-state index contributed by atoms with van der Waals surface area (Å²) in [5.74, 6) is 0.752. The monoisotopic (exact) mass is 286 g/mol. The molecule has 1 heterocycles. The van der Waals surface area contributed by atoms with Gasteiger partial charge in [-0.3, -0.25) is 4.79 Å². The molecule has 5 heteroatoms. The van der Waals surface area contributed by atoms with Crippen LogP contribution in [0.5, 0.6) is 5.75 Å². The minimum Gasteiger partial charge on any atom is -0.487 e. The van der Waals surface area contributed by atoms with Crippen LogP contribution in [0.2, 0.25) is 5.02 Å². The molecule has 0 radical (unpaired) electrons. The van der Waals surface area contributed by atoms with Crippen LogP contribution in [0.15, 0.2) is 53.3 Å². The van der Waals surface area contributed by atoms with Gasteiger partial charge in [0.1, 0.15) is 18.1 Å². The van der Waals surface area contributed by atoms with Gasteiger partial charge in [0.15, 0.2) is 0 Å². The third-order valence-electron chi connectivity index (χ3n) is 2.95. The summed E-state index contributed by atoms with van der Waals surface area (Å²) in [6.07, 6.45) is 0. The molecule has 1 aromatic heterocycles. The summed E-state index contributed by atoms with van der Waals surface area (Å²) < 4.78 is 5.65. The Morgan fingerprint density at radius 1 is 1.10 bits per heavy atom. The highest BCUT2D eigenvalue weighted by Crippen LogP contribution is 2.19. The predicted molar refractivity (Wildman–Crippen MR) is 78.1 cm³/mol. The molecule has 0 aliphatic rings. The molecule has 1 N–H and O–H groups in total. The van der Waals surface area contributed by atoms with Crippen LogP contribution in [0, 0.1) is 0 Å². The zero-order valence-corrected chi connectivity index (χ0v) is 11.2. The third-order valence-corrected chi connectivity index (χ3v) is 3.18. The lowest BCUT2D eigenvalue weighted by atomic mass is 10.1. The lowest BCUT2D eigenvalue weighted by molar-refractivity contribution is 0.301. The summed E-state index contributed by atoms with van der Waals surface area (Å²) in [4.78, 5) is 11.7. The molecule has 0 bridgehead atoms. The second-order valence-electron chi connectivity index (χ2n) is 4.29. The fourth-order valence-corrected chi connectivity index (χ4v) is 2.15. The average Bonchev–Trinajstić information content (AvgIpc) is 2.48. The molecule has 0 amide bonds. The van der Waals surface area contributed by atoms with Crippen LogP contribution in [0.3, 0.4) is 0 Å². The number of H-pyrrole nitrogens is 1. The molecular formula is C15H11ClN2O2. The van der Waals surface area contributed by atoms with Gasteiger partial charge in [-0.15, -0.1) is 0 Å². The summed E-state index contributed by atoms with van der Waals surface area (Å²) in [7, 11) is 0. The van der Waals surface area contributed by atoms with E-state index in [4.69, 9.17) is 16.3 Å². The summed E-state index contributed by atoms with van der Waals surface area (Å²) in [5, 5.41) is 8.28. The number of nitrogens with one attached hydrogen (secondary N) is 1. The molecule has 4 nitrogen and oxygen atoms in total. The highest BCUT2D eigenvalue weighted by atomic mass is 35.5. The molecular weight excluding hydrogens is 276 g/mol. The van der Waals surface area contributed by atoms with Crippen LogP contribution >= 0.6 is 11.6 Å². The second kappa shape index (κ2) is 5.35. The Morgan fingerprint density at radius 3 is 2.70 bits per heavy atom. The molecule has 0 saturated carbocycles. The van der Waals surface area contributed by atoms with Crippen molar-refractivity contribution in [3.8, 4) is 5.75 Å². The van der Waals surface area contributed by atoms with Crippen molar-refractivity contribution in [3.05, 3.63) is 69.6 Å². The van der Waals surface area contributed by atoms with E-state index in [0.717, 1.165) is 11.1 Å². The van der Waals surface area contributed by atoms with E-state index in [1.54, 1.807) is 18.2 Å². The second-order valence-corrected chi connectivity index (χ2v) is 4.73. The lowest BCUT2D eigenvalue weighted by Crippen LogP contribution is -2.12. The van der Waals surface area contributed by atoms with Crippen LogP contribution in [-0.2, 0) is 6.61 Å². The van der Waals surface area contributed by atoms with E-state index in [1.807, 2.05) is 30.3 Å². The van der Waals surface area contributed by atoms with E-state index in [9.17, 15) is 4.79 Å². The summed E-state index contributed by atoms with van der Waals surface area (Å²) in [6, 6.07) is 14.6. The molecule has 0 aliphatic carbocycles. The Hall–Kier alpha value is -2.33. The van der Waals surface area contributed by atoms with Crippen molar-refractivity contribution in [2.75, 3.05) is 0 Å². The van der Waals surface area contributed by atoms with Crippen molar-refractivity contribution in [1.29, 1.82) is 0 Å². The highest BCUT2D eigenvalue weighted by molar-refractivity contribution is 6.31. The number of fused-ring (bicyclic) bond motifs is 1. The minimum atomic E-state index is -0.258. The van der Waals surface area contributed by atoms with E-state index in [2.05, 4.69) is 10.2 Å². The summed E-state index contributed by atoms with van der Waals surface area (Å²) in [5.41, 5.74) is 0.408. The number of ether oxygens (including phenoxy) is 1. The van der Waals surface area contributed by atoms with Crippen molar-refractivity contribution in [1.82, 2.24) is 10.2 Å². The lowest BCUT2D eigenvalue weighted by Gasteiger charge is -2.07. The first-order valence-electron chi connectivity index (χ1n) is 6.09. The quantitative estimate of drug-likeness (QED) is 0.805. The first-order chi connectivity index (χ1) is 9.74. The number of para-hydroxylation sites is 1. The first-order valence-corrected chi connectivity index (χ1v) is 6.46. The molecule has 0 aliphatic heterocycles. The van der Waals surface area contributed by atoms with Crippen molar-refractivity contribution in [2.45, 2.75) is 6.61 Å². The molecule has 0 fully saturated rings. The van der Waals surface area contributed by atoms with Crippen molar-refractivity contribution in [2.24, 2.45) is 0 Å². The molecule has 20 heavy (non-hydrogen) atoms. The molecule has 3 aromatic rings. The Bertz CT molecular complexity index is 800. The molecule has 0 spiro atoms. The van der Waals surface area contributed by atoms with Gasteiger partial charge < -0.3 is 4.74 Å². The van der Waals surface area contributed by atoms with Crippen molar-refractivity contribution >= 4 is 22.4 Å². The summed E-state index contributed by atoms with van der Waals surface area (Å²) in [6.45, 7) is 0.277. The molecule has 0 unspecified atom stereocenters. The van der Waals surface area contributed by atoms with Crippen molar-refractivity contribution < 1.29 is 4.74 Å². The summed E-state index contributed by atoms with van der Waals surface area (Å²) >= 11 is 5.91. The van der Waals surface area contributed by atoms with Gasteiger partial charge in [-0.05, 0) is 24.3 Å². The number of aromatic nitrogens is 2. The minimum absolute atomic E-state index is 0.258. The maximum Gasteiger partial charge on any atom is 0.272 e. The maximum atomic E-state index is 11.7. The topological polar surface area (TPSA) is 55.0 Å². The number of nitrogens with zero attached hydrogens (tertiary/aromatic N) is 1. The molecule has 100 valence electrons. The van der Waals surface area contributed by atoms with E-state index in [1.165, 1.54) is 0 Å². The fourth-order valence-electron chi connectivity index (χ4n) is 1.97. The largest absolute Gasteiger partial charge is 0.487 e. The van der Waals surface area contributed by atoms with Gasteiger partial charge in [0, 0.05) is 10.4 Å². The smallest absolute Gasteiger partial charge is 0.272 e. The molecule has 0 atom stereocenters. The first kappa shape index (κ1) is 12.7. The maximum absolute atomic E-state index is 11.7. The zero-order valence-electron chi connectivity index (χ0n) is 10.5. The molecule has 0 saturated heterocycles. The number of benzene rings is 2. The number of halogens is 1. The number of hydrogen-bond donors (Lipinski definition) is 1. The third kappa shape index (κ3) is 2.51. The van der Waals surface area contributed by atoms with E-state index in [-0.39, 0.29) is 12.2 Å². The number of aromatic amines is 1. The molecule has 3 rings (SSSR count). The van der Waals surface area contributed by atoms with Crippen molar-refractivity contribution in [3.63, 3.8) is 0 Å². The highest BCUT2D eigenvalue weighted by Gasteiger charge is 2.07. The van der Waals surface area contributed by atoms with Crippen LogP contribution in [0.4, 0.5) is 0 Å². The predicted octanol–water partition coefficient (Wildman–Crippen LogP) is 3.16. The van der Waals surface area contributed by atoms with E-state index >= 15 is 0 Å². The van der Waals surface area contributed by atoms with Gasteiger partial charge >= 0.3 is 0 Å². The Balaban J connectivity index is 1.96. The Kier molecular flexibility index (Phi) is 3.39. The number of hydrogen-bond acceptors (Lipinski definition) is 3. The van der Waals surface area contributed by atoms with E-state index in [0.29, 0.717) is 16.1 Å². The van der Waals surface area contributed by atoms with Gasteiger partial charge in [0.05, 0.1) is 5.39 Å². The normalized spacial score (nSPS) is 10.7. The standard InChI is InChI=1S/C15H11ClN2O2/c16-10-6-7-12-13(8-10)15(19)18-17-14(12)9-20-11-4-2-1-3-5-11/h1-8H,9H2,(H,18,19). The van der Waals surface area contributed by atoms with Gasteiger partial charge in [-0.1, -0.05) is 35.9 Å². The zero-order chi connectivity index (χ0) is 13.9. The fraction of sp³-hybridized carbons (Fsp3) is 0.0667. The van der Waals surface area contributed by atoms with Crippen LogP contribution < -0.4 is 10.3 Å². The van der Waals surface area contributed by atoms with Gasteiger partial charge in [0.25, 0.3) is 5.56 Å². The van der Waals surface area contributed by atoms with Gasteiger partial charge in [-0.2, -0.15) is 5.10 Å². The van der Waals surface area contributed by atoms with Crippen LogP contribution in [0.25, 0.3) is 10.8 Å². The molecule has 2 aromatic carbocycles. The van der Waals surface area contributed by atoms with Crippen LogP contribution in [0.1, 0.15) is 5.69 Å². The van der Waals surface area contributed by atoms with Gasteiger partial charge in [0.2, 0.25) is 0 Å². The van der Waals surface area contributed by atoms with Crippen LogP contribution in [-0.4, -0.2) is 10.2 Å². The van der Waals surface area contributed by atoms with E-state index < -0.39 is 0 Å². The average molecular weight is 287 g/mol. The van der Waals surface area contributed by atoms with Gasteiger partial charge in [-0.25, -0.2) is 5.10 Å². The Labute approximate surface area is 120 Å². The Morgan fingerprint density at radius 2 is 1.90 bits per heavy atom. The SMILES string of the molecule is O=c1[nH]nc(COc2ccccc2)c2ccc(Cl)cc12.